The Kier molecular flexibility index (Phi) is 4.60. The number of hydrogen-bond acceptors (Lipinski definition) is 5. The molecule has 0 fully saturated rings. The van der Waals surface area contributed by atoms with Crippen LogP contribution >= 0.6 is 22.7 Å². The second-order valence-corrected chi connectivity index (χ2v) is 7.08. The normalized spacial score (nSPS) is 10.6. The van der Waals surface area contributed by atoms with E-state index in [9.17, 15) is 4.79 Å². The number of hydrogen-bond donors (Lipinski definition) is 1. The Hall–Kier alpha value is -2.05. The molecular formula is C16H15N3OS2. The lowest BCUT2D eigenvalue weighted by atomic mass is 10.2. The van der Waals surface area contributed by atoms with Gasteiger partial charge in [-0.1, -0.05) is 30.3 Å². The van der Waals surface area contributed by atoms with Gasteiger partial charge in [0.1, 0.15) is 5.69 Å². The van der Waals surface area contributed by atoms with Crippen molar-refractivity contribution in [2.24, 2.45) is 0 Å². The molecular weight excluding hydrogens is 314 g/mol. The molecule has 0 radical (unpaired) electrons. The molecule has 2 heterocycles. The molecule has 0 spiro atoms. The number of thiazole rings is 2. The van der Waals surface area contributed by atoms with Crippen LogP contribution in [-0.2, 0) is 13.0 Å². The molecule has 1 aromatic carbocycles. The fourth-order valence-corrected chi connectivity index (χ4v) is 3.55. The summed E-state index contributed by atoms with van der Waals surface area (Å²) in [6.45, 7) is 2.45. The van der Waals surface area contributed by atoms with Gasteiger partial charge < -0.3 is 5.32 Å². The summed E-state index contributed by atoms with van der Waals surface area (Å²) >= 11 is 3.11. The van der Waals surface area contributed by atoms with Gasteiger partial charge in [0.05, 0.1) is 16.6 Å². The van der Waals surface area contributed by atoms with Crippen LogP contribution in [0.4, 0.5) is 0 Å². The maximum absolute atomic E-state index is 12.1. The molecule has 0 aliphatic carbocycles. The average molecular weight is 329 g/mol. The number of rotatable bonds is 5. The molecule has 0 saturated carbocycles. The van der Waals surface area contributed by atoms with Gasteiger partial charge in [0.15, 0.2) is 0 Å². The highest BCUT2D eigenvalue weighted by Gasteiger charge is 2.11. The quantitative estimate of drug-likeness (QED) is 0.780. The topological polar surface area (TPSA) is 54.9 Å². The zero-order valence-corrected chi connectivity index (χ0v) is 13.7. The third kappa shape index (κ3) is 3.78. The Morgan fingerprint density at radius 1 is 1.27 bits per heavy atom. The van der Waals surface area contributed by atoms with Crippen LogP contribution in [0.1, 0.15) is 30.9 Å². The van der Waals surface area contributed by atoms with Crippen molar-refractivity contribution in [1.82, 2.24) is 15.3 Å². The van der Waals surface area contributed by atoms with Gasteiger partial charge in [-0.3, -0.25) is 4.79 Å². The lowest BCUT2D eigenvalue weighted by Crippen LogP contribution is -2.22. The fraction of sp³-hybridized carbons (Fsp3) is 0.188. The molecule has 1 N–H and O–H groups in total. The van der Waals surface area contributed by atoms with Gasteiger partial charge >= 0.3 is 0 Å². The number of aryl methyl sites for hydroxylation is 1. The number of nitrogens with zero attached hydrogens (tertiary/aromatic N) is 2. The molecule has 112 valence electrons. The minimum absolute atomic E-state index is 0.137. The first kappa shape index (κ1) is 14.9. The average Bonchev–Trinajstić information content (AvgIpc) is 3.15. The van der Waals surface area contributed by atoms with E-state index in [0.717, 1.165) is 21.3 Å². The summed E-state index contributed by atoms with van der Waals surface area (Å²) in [6, 6.07) is 10.1. The van der Waals surface area contributed by atoms with E-state index in [2.05, 4.69) is 27.4 Å². The van der Waals surface area contributed by atoms with Crippen molar-refractivity contribution in [3.63, 3.8) is 0 Å². The predicted octanol–water partition coefficient (Wildman–Crippen LogP) is 3.43. The third-order valence-electron chi connectivity index (χ3n) is 3.07. The zero-order valence-electron chi connectivity index (χ0n) is 12.1. The number of benzene rings is 1. The Bertz CT molecular complexity index is 765. The number of amides is 1. The van der Waals surface area contributed by atoms with E-state index >= 15 is 0 Å². The van der Waals surface area contributed by atoms with Crippen molar-refractivity contribution >= 4 is 28.6 Å². The SMILES string of the molecule is Cc1ncc(CNC(=O)c2csc(Cc3ccccc3)n2)s1. The van der Waals surface area contributed by atoms with Gasteiger partial charge in [0.2, 0.25) is 0 Å². The van der Waals surface area contributed by atoms with E-state index in [0.29, 0.717) is 12.2 Å². The van der Waals surface area contributed by atoms with Crippen LogP contribution in [0.2, 0.25) is 0 Å². The number of nitrogens with one attached hydrogen (secondary N) is 1. The third-order valence-corrected chi connectivity index (χ3v) is 4.84. The van der Waals surface area contributed by atoms with Gasteiger partial charge in [-0.05, 0) is 12.5 Å². The summed E-state index contributed by atoms with van der Waals surface area (Å²) in [6.07, 6.45) is 2.55. The van der Waals surface area contributed by atoms with Gasteiger partial charge in [0, 0.05) is 22.9 Å². The lowest BCUT2D eigenvalue weighted by Gasteiger charge is -2.00. The van der Waals surface area contributed by atoms with Crippen LogP contribution in [0.3, 0.4) is 0 Å². The van der Waals surface area contributed by atoms with Crippen LogP contribution in [0.5, 0.6) is 0 Å². The summed E-state index contributed by atoms with van der Waals surface area (Å²) < 4.78 is 0. The van der Waals surface area contributed by atoms with Gasteiger partial charge in [-0.2, -0.15) is 0 Å². The van der Waals surface area contributed by atoms with Crippen molar-refractivity contribution < 1.29 is 4.79 Å². The first-order valence-electron chi connectivity index (χ1n) is 6.88. The van der Waals surface area contributed by atoms with Gasteiger partial charge in [0.25, 0.3) is 5.91 Å². The van der Waals surface area contributed by atoms with E-state index in [1.807, 2.05) is 30.5 Å². The molecule has 3 aromatic rings. The van der Waals surface area contributed by atoms with Crippen molar-refractivity contribution in [3.8, 4) is 0 Å². The Morgan fingerprint density at radius 3 is 2.82 bits per heavy atom. The van der Waals surface area contributed by atoms with Gasteiger partial charge in [-0.25, -0.2) is 9.97 Å². The first-order valence-corrected chi connectivity index (χ1v) is 8.58. The molecule has 4 nitrogen and oxygen atoms in total. The Balaban J connectivity index is 1.59. The van der Waals surface area contributed by atoms with E-state index in [1.165, 1.54) is 16.9 Å². The van der Waals surface area contributed by atoms with Crippen molar-refractivity contribution in [2.75, 3.05) is 0 Å². The van der Waals surface area contributed by atoms with Gasteiger partial charge in [-0.15, -0.1) is 22.7 Å². The highest BCUT2D eigenvalue weighted by atomic mass is 32.1. The van der Waals surface area contributed by atoms with Crippen molar-refractivity contribution in [2.45, 2.75) is 19.9 Å². The van der Waals surface area contributed by atoms with E-state index in [-0.39, 0.29) is 5.91 Å². The van der Waals surface area contributed by atoms with Crippen molar-refractivity contribution in [1.29, 1.82) is 0 Å². The molecule has 6 heteroatoms. The fourth-order valence-electron chi connectivity index (χ4n) is 2.01. The molecule has 2 aromatic heterocycles. The second kappa shape index (κ2) is 6.81. The Morgan fingerprint density at radius 2 is 2.09 bits per heavy atom. The molecule has 0 bridgehead atoms. The van der Waals surface area contributed by atoms with Crippen LogP contribution < -0.4 is 5.32 Å². The first-order chi connectivity index (χ1) is 10.7. The highest BCUT2D eigenvalue weighted by molar-refractivity contribution is 7.11. The number of aromatic nitrogens is 2. The smallest absolute Gasteiger partial charge is 0.271 e. The molecule has 0 aliphatic heterocycles. The molecule has 0 aliphatic rings. The molecule has 1 amide bonds. The minimum Gasteiger partial charge on any atom is -0.346 e. The number of carbonyl (C=O) groups is 1. The maximum Gasteiger partial charge on any atom is 0.271 e. The minimum atomic E-state index is -0.137. The molecule has 0 unspecified atom stereocenters. The summed E-state index contributed by atoms with van der Waals surface area (Å²) in [4.78, 5) is 21.7. The number of carbonyl (C=O) groups excluding carboxylic acids is 1. The highest BCUT2D eigenvalue weighted by Crippen LogP contribution is 2.15. The van der Waals surface area contributed by atoms with Crippen LogP contribution in [0.15, 0.2) is 41.9 Å². The molecule has 3 rings (SSSR count). The molecule has 0 saturated heterocycles. The molecule has 0 atom stereocenters. The van der Waals surface area contributed by atoms with E-state index in [4.69, 9.17) is 0 Å². The summed E-state index contributed by atoms with van der Waals surface area (Å²) in [7, 11) is 0. The van der Waals surface area contributed by atoms with E-state index in [1.54, 1.807) is 17.5 Å². The standard InChI is InChI=1S/C16H15N3OS2/c1-11-17-8-13(22-11)9-18-16(20)14-10-21-15(19-14)7-12-5-3-2-4-6-12/h2-6,8,10H,7,9H2,1H3,(H,18,20). The van der Waals surface area contributed by atoms with Crippen LogP contribution in [-0.4, -0.2) is 15.9 Å². The Labute approximate surface area is 136 Å². The van der Waals surface area contributed by atoms with Crippen molar-refractivity contribution in [3.05, 3.63) is 68.1 Å². The second-order valence-electron chi connectivity index (χ2n) is 4.82. The summed E-state index contributed by atoms with van der Waals surface area (Å²) in [5.41, 5.74) is 1.68. The summed E-state index contributed by atoms with van der Waals surface area (Å²) in [5, 5.41) is 6.64. The van der Waals surface area contributed by atoms with E-state index < -0.39 is 0 Å². The molecule has 22 heavy (non-hydrogen) atoms. The summed E-state index contributed by atoms with van der Waals surface area (Å²) in [5.74, 6) is -0.137. The largest absolute Gasteiger partial charge is 0.346 e. The maximum atomic E-state index is 12.1. The predicted molar refractivity (Wildman–Crippen MR) is 89.4 cm³/mol. The van der Waals surface area contributed by atoms with Crippen LogP contribution in [0, 0.1) is 6.92 Å². The lowest BCUT2D eigenvalue weighted by molar-refractivity contribution is 0.0947. The monoisotopic (exact) mass is 329 g/mol. The zero-order chi connectivity index (χ0) is 15.4. The van der Waals surface area contributed by atoms with Crippen LogP contribution in [0.25, 0.3) is 0 Å².